The molecule has 6 heteroatoms. The predicted molar refractivity (Wildman–Crippen MR) is 105 cm³/mol. The third kappa shape index (κ3) is 3.55. The number of hydrogen-bond acceptors (Lipinski definition) is 4. The first-order valence-corrected chi connectivity index (χ1v) is 9.11. The Morgan fingerprint density at radius 1 is 0.889 bits per heavy atom. The highest BCUT2D eigenvalue weighted by Crippen LogP contribution is 2.38. The molecule has 0 aliphatic carbocycles. The number of aryl methyl sites for hydroxylation is 1. The fraction of sp³-hybridized carbons (Fsp3) is 0.238. The van der Waals surface area contributed by atoms with Crippen LogP contribution in [0.5, 0.6) is 11.5 Å². The molecule has 1 aliphatic heterocycles. The molecule has 5 nitrogen and oxygen atoms in total. The second-order valence-corrected chi connectivity index (χ2v) is 6.38. The maximum Gasteiger partial charge on any atom is 0.277 e. The fourth-order valence-electron chi connectivity index (χ4n) is 2.89. The van der Waals surface area contributed by atoms with Gasteiger partial charge in [0.2, 0.25) is 0 Å². The van der Waals surface area contributed by atoms with Gasteiger partial charge in [-0.05, 0) is 38.5 Å². The first kappa shape index (κ1) is 19.0. The van der Waals surface area contributed by atoms with E-state index in [0.717, 1.165) is 10.5 Å². The van der Waals surface area contributed by atoms with Crippen molar-refractivity contribution < 1.29 is 19.1 Å². The first-order valence-electron chi connectivity index (χ1n) is 8.73. The second-order valence-electron chi connectivity index (χ2n) is 6.00. The van der Waals surface area contributed by atoms with E-state index in [-0.39, 0.29) is 10.6 Å². The lowest BCUT2D eigenvalue weighted by molar-refractivity contribution is -0.119. The van der Waals surface area contributed by atoms with Gasteiger partial charge in [0, 0.05) is 6.07 Å². The lowest BCUT2D eigenvalue weighted by atomic mass is 10.0. The average molecular weight is 386 g/mol. The van der Waals surface area contributed by atoms with Crippen molar-refractivity contribution in [1.82, 2.24) is 0 Å². The van der Waals surface area contributed by atoms with Crippen LogP contribution in [0.3, 0.4) is 0 Å². The third-order valence-electron chi connectivity index (χ3n) is 4.15. The highest BCUT2D eigenvalue weighted by molar-refractivity contribution is 6.60. The minimum absolute atomic E-state index is 0.0873. The molecular formula is C21H20ClNO4. The van der Waals surface area contributed by atoms with E-state index < -0.39 is 11.8 Å². The molecule has 0 saturated carbocycles. The van der Waals surface area contributed by atoms with Crippen LogP contribution in [-0.4, -0.2) is 25.0 Å². The summed E-state index contributed by atoms with van der Waals surface area (Å²) in [7, 11) is 0. The number of halogens is 1. The zero-order valence-corrected chi connectivity index (χ0v) is 16.2. The topological polar surface area (TPSA) is 55.8 Å². The normalized spacial score (nSPS) is 14.1. The van der Waals surface area contributed by atoms with Crippen molar-refractivity contribution in [1.29, 1.82) is 0 Å². The quantitative estimate of drug-likeness (QED) is 0.695. The summed E-state index contributed by atoms with van der Waals surface area (Å²) in [5.74, 6) is 0.0154. The Kier molecular flexibility index (Phi) is 5.51. The molecule has 140 valence electrons. The smallest absolute Gasteiger partial charge is 0.277 e. The van der Waals surface area contributed by atoms with Gasteiger partial charge in [-0.15, -0.1) is 0 Å². The molecule has 0 fully saturated rings. The van der Waals surface area contributed by atoms with Crippen LogP contribution < -0.4 is 14.4 Å². The van der Waals surface area contributed by atoms with Crippen LogP contribution in [-0.2, 0) is 9.59 Å². The van der Waals surface area contributed by atoms with Crippen LogP contribution in [0, 0.1) is 6.92 Å². The van der Waals surface area contributed by atoms with Crippen LogP contribution in [0.25, 0.3) is 5.57 Å². The number of carbonyl (C=O) groups is 2. The summed E-state index contributed by atoms with van der Waals surface area (Å²) < 4.78 is 11.1. The maximum atomic E-state index is 13.0. The predicted octanol–water partition coefficient (Wildman–Crippen LogP) is 4.32. The van der Waals surface area contributed by atoms with Crippen molar-refractivity contribution in [3.8, 4) is 11.5 Å². The van der Waals surface area contributed by atoms with E-state index in [2.05, 4.69) is 0 Å². The summed E-state index contributed by atoms with van der Waals surface area (Å²) in [6, 6.07) is 12.3. The van der Waals surface area contributed by atoms with Gasteiger partial charge in [0.1, 0.15) is 5.03 Å². The van der Waals surface area contributed by atoms with Gasteiger partial charge in [-0.25, -0.2) is 4.90 Å². The number of imide groups is 1. The van der Waals surface area contributed by atoms with Crippen LogP contribution >= 0.6 is 11.6 Å². The molecule has 1 heterocycles. The molecule has 0 aromatic heterocycles. The minimum atomic E-state index is -0.552. The molecule has 0 unspecified atom stereocenters. The number of anilines is 1. The average Bonchev–Trinajstić information content (AvgIpc) is 2.87. The van der Waals surface area contributed by atoms with Crippen LogP contribution in [0.2, 0.25) is 0 Å². The van der Waals surface area contributed by atoms with E-state index in [9.17, 15) is 9.59 Å². The Hall–Kier alpha value is -2.79. The van der Waals surface area contributed by atoms with Gasteiger partial charge in [0.15, 0.2) is 11.5 Å². The number of ether oxygens (including phenoxy) is 2. The zero-order valence-electron chi connectivity index (χ0n) is 15.4. The minimum Gasteiger partial charge on any atom is -0.490 e. The molecule has 3 rings (SSSR count). The third-order valence-corrected chi connectivity index (χ3v) is 4.50. The molecule has 0 radical (unpaired) electrons. The van der Waals surface area contributed by atoms with E-state index in [1.54, 1.807) is 30.3 Å². The van der Waals surface area contributed by atoms with Crippen LogP contribution in [0.1, 0.15) is 25.0 Å². The maximum absolute atomic E-state index is 13.0. The highest BCUT2D eigenvalue weighted by Gasteiger charge is 2.39. The molecule has 1 aliphatic rings. The Morgan fingerprint density at radius 2 is 1.52 bits per heavy atom. The van der Waals surface area contributed by atoms with Crippen LogP contribution in [0.4, 0.5) is 5.69 Å². The van der Waals surface area contributed by atoms with E-state index in [1.165, 1.54) is 0 Å². The summed E-state index contributed by atoms with van der Waals surface area (Å²) in [6.45, 7) is 6.57. The second kappa shape index (κ2) is 7.84. The van der Waals surface area contributed by atoms with Gasteiger partial charge in [-0.3, -0.25) is 9.59 Å². The van der Waals surface area contributed by atoms with Gasteiger partial charge in [-0.2, -0.15) is 0 Å². The van der Waals surface area contributed by atoms with Crippen molar-refractivity contribution in [3.05, 3.63) is 58.6 Å². The summed E-state index contributed by atoms with van der Waals surface area (Å²) >= 11 is 6.24. The standard InChI is InChI=1S/C21H20ClNO4/c1-4-26-16-11-10-15(12-17(16)27-5-2)23-20(24)18(19(22)21(23)25)14-8-6-13(3)7-9-14/h6-12H,4-5H2,1-3H3. The van der Waals surface area contributed by atoms with Gasteiger partial charge in [0.05, 0.1) is 24.5 Å². The SMILES string of the molecule is CCOc1ccc(N2C(=O)C(Cl)=C(c3ccc(C)cc3)C2=O)cc1OCC. The van der Waals surface area contributed by atoms with E-state index in [4.69, 9.17) is 21.1 Å². The molecule has 2 amide bonds. The lowest BCUT2D eigenvalue weighted by Crippen LogP contribution is -2.31. The van der Waals surface area contributed by atoms with Gasteiger partial charge in [-0.1, -0.05) is 41.4 Å². The molecule has 0 atom stereocenters. The molecule has 0 saturated heterocycles. The zero-order chi connectivity index (χ0) is 19.6. The Balaban J connectivity index is 1.99. The Labute approximate surface area is 163 Å². The number of hydrogen-bond donors (Lipinski definition) is 0. The van der Waals surface area contributed by atoms with E-state index in [1.807, 2.05) is 32.9 Å². The van der Waals surface area contributed by atoms with Gasteiger partial charge < -0.3 is 9.47 Å². The Bertz CT molecular complexity index is 918. The van der Waals surface area contributed by atoms with E-state index >= 15 is 0 Å². The van der Waals surface area contributed by atoms with Crippen molar-refractivity contribution >= 4 is 34.7 Å². The molecule has 2 aromatic carbocycles. The summed E-state index contributed by atoms with van der Waals surface area (Å²) in [4.78, 5) is 26.7. The van der Waals surface area contributed by atoms with Crippen LogP contribution in [0.15, 0.2) is 47.5 Å². The molecule has 2 aromatic rings. The first-order chi connectivity index (χ1) is 13.0. The van der Waals surface area contributed by atoms with Crippen molar-refractivity contribution in [2.24, 2.45) is 0 Å². The summed E-state index contributed by atoms with van der Waals surface area (Å²) in [5.41, 5.74) is 2.25. The number of benzene rings is 2. The number of nitrogens with zero attached hydrogens (tertiary/aromatic N) is 1. The highest BCUT2D eigenvalue weighted by atomic mass is 35.5. The van der Waals surface area contributed by atoms with Crippen molar-refractivity contribution in [2.75, 3.05) is 18.1 Å². The number of carbonyl (C=O) groups excluding carboxylic acids is 2. The van der Waals surface area contributed by atoms with Crippen molar-refractivity contribution in [3.63, 3.8) is 0 Å². The lowest BCUT2D eigenvalue weighted by Gasteiger charge is -2.18. The fourth-order valence-corrected chi connectivity index (χ4v) is 3.16. The van der Waals surface area contributed by atoms with Crippen molar-refractivity contribution in [2.45, 2.75) is 20.8 Å². The monoisotopic (exact) mass is 385 g/mol. The molecule has 27 heavy (non-hydrogen) atoms. The van der Waals surface area contributed by atoms with Gasteiger partial charge >= 0.3 is 0 Å². The summed E-state index contributed by atoms with van der Waals surface area (Å²) in [6.07, 6.45) is 0. The molecule has 0 N–H and O–H groups in total. The molecule has 0 bridgehead atoms. The molecule has 0 spiro atoms. The van der Waals surface area contributed by atoms with Gasteiger partial charge in [0.25, 0.3) is 11.8 Å². The largest absolute Gasteiger partial charge is 0.490 e. The van der Waals surface area contributed by atoms with E-state index in [0.29, 0.717) is 36.0 Å². The Morgan fingerprint density at radius 3 is 2.15 bits per heavy atom. The number of rotatable bonds is 6. The summed E-state index contributed by atoms with van der Waals surface area (Å²) in [5, 5.41) is -0.0873. The number of amides is 2. The molecular weight excluding hydrogens is 366 g/mol.